The lowest BCUT2D eigenvalue weighted by Gasteiger charge is -2.09. The van der Waals surface area contributed by atoms with E-state index in [2.05, 4.69) is 9.44 Å². The molecule has 2 aromatic rings. The highest BCUT2D eigenvalue weighted by Gasteiger charge is 2.16. The highest BCUT2D eigenvalue weighted by Crippen LogP contribution is 2.22. The lowest BCUT2D eigenvalue weighted by Crippen LogP contribution is -2.34. The zero-order valence-corrected chi connectivity index (χ0v) is 13.0. The van der Waals surface area contributed by atoms with Gasteiger partial charge in [0, 0.05) is 18.5 Å². The molecule has 0 saturated carbocycles. The summed E-state index contributed by atoms with van der Waals surface area (Å²) in [6.07, 6.45) is 1.02. The zero-order chi connectivity index (χ0) is 15.5. The van der Waals surface area contributed by atoms with E-state index >= 15 is 0 Å². The largest absolute Gasteiger partial charge is 0.241 e. The minimum atomic E-state index is -3.69. The molecular weight excluding hydrogens is 312 g/mol. The van der Waals surface area contributed by atoms with Crippen molar-refractivity contribution in [1.82, 2.24) is 9.44 Å². The summed E-state index contributed by atoms with van der Waals surface area (Å²) < 4.78 is 51.0. The van der Waals surface area contributed by atoms with Crippen molar-refractivity contribution in [2.24, 2.45) is 0 Å². The fraction of sp³-hybridized carbons (Fsp3) is 0.231. The normalized spacial score (nSPS) is 12.6. The molecule has 0 aliphatic carbocycles. The minimum absolute atomic E-state index is 0.00281. The van der Waals surface area contributed by atoms with Crippen LogP contribution in [0.1, 0.15) is 0 Å². The summed E-state index contributed by atoms with van der Waals surface area (Å²) >= 11 is 0. The maximum Gasteiger partial charge on any atom is 0.241 e. The molecule has 0 bridgehead atoms. The van der Waals surface area contributed by atoms with Crippen LogP contribution in [0.25, 0.3) is 10.8 Å². The summed E-state index contributed by atoms with van der Waals surface area (Å²) in [5.74, 6) is 0. The molecule has 0 unspecified atom stereocenters. The Hall–Kier alpha value is -1.48. The summed E-state index contributed by atoms with van der Waals surface area (Å²) in [6, 6.07) is 12.2. The van der Waals surface area contributed by atoms with Crippen molar-refractivity contribution >= 4 is 30.8 Å². The third kappa shape index (κ3) is 4.24. The number of nitrogens with one attached hydrogen (secondary N) is 2. The molecule has 2 rings (SSSR count). The first kappa shape index (κ1) is 15.9. The molecule has 0 saturated heterocycles. The summed E-state index contributed by atoms with van der Waals surface area (Å²) in [5.41, 5.74) is 0. The molecule has 0 fully saturated rings. The molecule has 0 heterocycles. The average molecular weight is 328 g/mol. The second-order valence-electron chi connectivity index (χ2n) is 4.54. The Bertz CT molecular complexity index is 840. The quantitative estimate of drug-likeness (QED) is 0.762. The van der Waals surface area contributed by atoms with Crippen LogP contribution in [-0.4, -0.2) is 36.2 Å². The van der Waals surface area contributed by atoms with Gasteiger partial charge in [0.25, 0.3) is 0 Å². The predicted octanol–water partition coefficient (Wildman–Crippen LogP) is 0.667. The van der Waals surface area contributed by atoms with Gasteiger partial charge in [0.2, 0.25) is 20.0 Å². The second-order valence-corrected chi connectivity index (χ2v) is 8.11. The van der Waals surface area contributed by atoms with Gasteiger partial charge in [-0.3, -0.25) is 0 Å². The van der Waals surface area contributed by atoms with Gasteiger partial charge in [-0.25, -0.2) is 26.3 Å². The van der Waals surface area contributed by atoms with Gasteiger partial charge in [0.15, 0.2) is 0 Å². The van der Waals surface area contributed by atoms with Gasteiger partial charge < -0.3 is 0 Å². The molecule has 0 amide bonds. The smallest absolute Gasteiger partial charge is 0.214 e. The van der Waals surface area contributed by atoms with E-state index in [-0.39, 0.29) is 18.0 Å². The molecule has 2 aromatic carbocycles. The summed E-state index contributed by atoms with van der Waals surface area (Å²) in [7, 11) is -7.02. The van der Waals surface area contributed by atoms with Crippen molar-refractivity contribution in [1.29, 1.82) is 0 Å². The molecule has 8 heteroatoms. The van der Waals surface area contributed by atoms with E-state index in [1.807, 2.05) is 18.2 Å². The van der Waals surface area contributed by atoms with Crippen LogP contribution >= 0.6 is 0 Å². The van der Waals surface area contributed by atoms with Gasteiger partial charge in [-0.05, 0) is 11.5 Å². The predicted molar refractivity (Wildman–Crippen MR) is 82.0 cm³/mol. The first-order valence-electron chi connectivity index (χ1n) is 6.22. The fourth-order valence-electron chi connectivity index (χ4n) is 1.93. The number of rotatable bonds is 6. The Morgan fingerprint density at radius 1 is 0.857 bits per heavy atom. The highest BCUT2D eigenvalue weighted by atomic mass is 32.2. The number of hydrogen-bond donors (Lipinski definition) is 2. The van der Waals surface area contributed by atoms with Gasteiger partial charge in [0.05, 0.1) is 11.2 Å². The van der Waals surface area contributed by atoms with E-state index in [0.717, 1.165) is 11.6 Å². The maximum atomic E-state index is 12.3. The molecule has 0 radical (unpaired) electrons. The van der Waals surface area contributed by atoms with Crippen LogP contribution in [0.2, 0.25) is 0 Å². The van der Waals surface area contributed by atoms with Crippen molar-refractivity contribution in [3.05, 3.63) is 42.5 Å². The number of hydrogen-bond acceptors (Lipinski definition) is 4. The van der Waals surface area contributed by atoms with Crippen LogP contribution < -0.4 is 9.44 Å². The fourth-order valence-corrected chi connectivity index (χ4v) is 3.66. The number of benzene rings is 2. The van der Waals surface area contributed by atoms with E-state index in [0.29, 0.717) is 5.39 Å². The minimum Gasteiger partial charge on any atom is -0.214 e. The van der Waals surface area contributed by atoms with E-state index in [1.165, 1.54) is 6.07 Å². The summed E-state index contributed by atoms with van der Waals surface area (Å²) in [5, 5.41) is 1.46. The zero-order valence-electron chi connectivity index (χ0n) is 11.4. The van der Waals surface area contributed by atoms with Crippen molar-refractivity contribution in [3.63, 3.8) is 0 Å². The van der Waals surface area contributed by atoms with Gasteiger partial charge in [-0.1, -0.05) is 36.4 Å². The molecule has 0 aliphatic heterocycles. The molecule has 6 nitrogen and oxygen atoms in total. The highest BCUT2D eigenvalue weighted by molar-refractivity contribution is 7.89. The van der Waals surface area contributed by atoms with Crippen molar-refractivity contribution in [2.45, 2.75) is 4.90 Å². The first-order valence-corrected chi connectivity index (χ1v) is 9.59. The first-order chi connectivity index (χ1) is 9.80. The van der Waals surface area contributed by atoms with Gasteiger partial charge >= 0.3 is 0 Å². The summed E-state index contributed by atoms with van der Waals surface area (Å²) in [4.78, 5) is 0.181. The molecular formula is C13H16N2O4S2. The molecule has 2 N–H and O–H groups in total. The maximum absolute atomic E-state index is 12.3. The van der Waals surface area contributed by atoms with Crippen molar-refractivity contribution in [3.8, 4) is 0 Å². The number of fused-ring (bicyclic) bond motifs is 1. The van der Waals surface area contributed by atoms with E-state index < -0.39 is 20.0 Å². The van der Waals surface area contributed by atoms with Gasteiger partial charge in [0.1, 0.15) is 0 Å². The standard InChI is InChI=1S/C13H16N2O4S2/c1-20(16,17)14-9-10-15-21(18,19)13-8-4-6-11-5-2-3-7-12(11)13/h2-8,14-15H,9-10H2,1H3. The molecule has 0 aromatic heterocycles. The van der Waals surface area contributed by atoms with Crippen molar-refractivity contribution < 1.29 is 16.8 Å². The lowest BCUT2D eigenvalue weighted by atomic mass is 10.1. The van der Waals surface area contributed by atoms with E-state index in [1.54, 1.807) is 18.2 Å². The van der Waals surface area contributed by atoms with Crippen LogP contribution in [0.5, 0.6) is 0 Å². The Labute approximate surface area is 124 Å². The molecule has 0 atom stereocenters. The molecule has 21 heavy (non-hydrogen) atoms. The Balaban J connectivity index is 2.19. The molecule has 114 valence electrons. The Morgan fingerprint density at radius 3 is 2.19 bits per heavy atom. The third-order valence-corrected chi connectivity index (χ3v) is 5.07. The second kappa shape index (κ2) is 6.10. The Morgan fingerprint density at radius 2 is 1.48 bits per heavy atom. The average Bonchev–Trinajstić information content (AvgIpc) is 2.42. The van der Waals surface area contributed by atoms with Crippen molar-refractivity contribution in [2.75, 3.05) is 19.3 Å². The molecule has 0 spiro atoms. The van der Waals surface area contributed by atoms with Crippen LogP contribution in [0.4, 0.5) is 0 Å². The SMILES string of the molecule is CS(=O)(=O)NCCNS(=O)(=O)c1cccc2ccccc12. The molecule has 0 aliphatic rings. The Kier molecular flexibility index (Phi) is 4.62. The van der Waals surface area contributed by atoms with Crippen LogP contribution in [0.15, 0.2) is 47.4 Å². The van der Waals surface area contributed by atoms with Crippen LogP contribution in [0.3, 0.4) is 0 Å². The van der Waals surface area contributed by atoms with Gasteiger partial charge in [-0.2, -0.15) is 0 Å². The third-order valence-electron chi connectivity index (χ3n) is 2.82. The lowest BCUT2D eigenvalue weighted by molar-refractivity contribution is 0.574. The van der Waals surface area contributed by atoms with E-state index in [4.69, 9.17) is 0 Å². The van der Waals surface area contributed by atoms with E-state index in [9.17, 15) is 16.8 Å². The van der Waals surface area contributed by atoms with Crippen LogP contribution in [-0.2, 0) is 20.0 Å². The topological polar surface area (TPSA) is 92.3 Å². The number of sulfonamides is 2. The van der Waals surface area contributed by atoms with Crippen LogP contribution in [0, 0.1) is 0 Å². The monoisotopic (exact) mass is 328 g/mol. The van der Waals surface area contributed by atoms with Gasteiger partial charge in [-0.15, -0.1) is 0 Å². The summed E-state index contributed by atoms with van der Waals surface area (Å²) in [6.45, 7) is -0.0124.